The SMILES string of the molecule is C=C1/C(=C/C=C2\CCC[C@]3(C)[C@@H](C(C)CCCCC(C)(C)O)CC[C@@H]23)C[C@@H](O)C[C@@H]1O. The molecule has 0 aliphatic heterocycles. The highest BCUT2D eigenvalue weighted by Gasteiger charge is 2.50. The first-order valence-electron chi connectivity index (χ1n) is 12.7. The second-order valence-corrected chi connectivity index (χ2v) is 11.7. The Morgan fingerprint density at radius 2 is 1.94 bits per heavy atom. The maximum atomic E-state index is 10.1. The van der Waals surface area contributed by atoms with Crippen LogP contribution in [0.3, 0.4) is 0 Å². The van der Waals surface area contributed by atoms with E-state index in [0.717, 1.165) is 35.8 Å². The fraction of sp³-hybridized carbons (Fsp3) is 0.786. The summed E-state index contributed by atoms with van der Waals surface area (Å²) in [6.07, 6.45) is 15.2. The number of aliphatic hydroxyl groups excluding tert-OH is 2. The largest absolute Gasteiger partial charge is 0.393 e. The molecule has 0 bridgehead atoms. The molecule has 0 heterocycles. The van der Waals surface area contributed by atoms with Crippen LogP contribution in [0, 0.1) is 23.2 Å². The summed E-state index contributed by atoms with van der Waals surface area (Å²) in [5.41, 5.74) is 3.22. The maximum absolute atomic E-state index is 10.1. The smallest absolute Gasteiger partial charge is 0.0811 e. The Kier molecular flexibility index (Phi) is 7.92. The third kappa shape index (κ3) is 5.92. The van der Waals surface area contributed by atoms with Crippen molar-refractivity contribution in [3.8, 4) is 0 Å². The molecule has 3 fully saturated rings. The van der Waals surface area contributed by atoms with Gasteiger partial charge in [-0.15, -0.1) is 0 Å². The van der Waals surface area contributed by atoms with Crippen molar-refractivity contribution in [1.82, 2.24) is 0 Å². The first-order chi connectivity index (χ1) is 14.5. The van der Waals surface area contributed by atoms with E-state index in [4.69, 9.17) is 0 Å². The second-order valence-electron chi connectivity index (χ2n) is 11.7. The van der Waals surface area contributed by atoms with Gasteiger partial charge in [-0.2, -0.15) is 0 Å². The van der Waals surface area contributed by atoms with Crippen LogP contribution in [0.4, 0.5) is 0 Å². The summed E-state index contributed by atoms with van der Waals surface area (Å²) in [4.78, 5) is 0. The second kappa shape index (κ2) is 9.93. The molecule has 0 aromatic carbocycles. The zero-order valence-corrected chi connectivity index (χ0v) is 20.4. The molecule has 0 amide bonds. The normalized spacial score (nSPS) is 38.0. The van der Waals surface area contributed by atoms with Gasteiger partial charge in [-0.1, -0.05) is 57.4 Å². The minimum Gasteiger partial charge on any atom is -0.393 e. The summed E-state index contributed by atoms with van der Waals surface area (Å²) in [5.74, 6) is 2.18. The highest BCUT2D eigenvalue weighted by Crippen LogP contribution is 2.60. The van der Waals surface area contributed by atoms with Gasteiger partial charge in [0.2, 0.25) is 0 Å². The molecule has 3 heteroatoms. The van der Waals surface area contributed by atoms with Gasteiger partial charge in [-0.05, 0) is 93.1 Å². The molecule has 1 unspecified atom stereocenters. The molecule has 0 spiro atoms. The first-order valence-corrected chi connectivity index (χ1v) is 12.7. The minimum atomic E-state index is -0.613. The van der Waals surface area contributed by atoms with Crippen LogP contribution in [0.2, 0.25) is 0 Å². The molecular formula is C28H46O3. The molecule has 3 saturated carbocycles. The Hall–Kier alpha value is -0.900. The van der Waals surface area contributed by atoms with E-state index in [9.17, 15) is 15.3 Å². The van der Waals surface area contributed by atoms with E-state index in [1.807, 2.05) is 13.8 Å². The van der Waals surface area contributed by atoms with E-state index in [-0.39, 0.29) is 0 Å². The Morgan fingerprint density at radius 1 is 1.19 bits per heavy atom. The lowest BCUT2D eigenvalue weighted by Crippen LogP contribution is -2.36. The molecule has 0 radical (unpaired) electrons. The molecule has 3 rings (SSSR count). The van der Waals surface area contributed by atoms with Crippen LogP contribution in [0.25, 0.3) is 0 Å². The van der Waals surface area contributed by atoms with Crippen molar-refractivity contribution >= 4 is 0 Å². The monoisotopic (exact) mass is 430 g/mol. The molecular weight excluding hydrogens is 384 g/mol. The summed E-state index contributed by atoms with van der Waals surface area (Å²) in [5, 5.41) is 30.2. The molecule has 0 aromatic heterocycles. The van der Waals surface area contributed by atoms with Crippen molar-refractivity contribution in [2.24, 2.45) is 23.2 Å². The molecule has 0 saturated heterocycles. The summed E-state index contributed by atoms with van der Waals surface area (Å²) in [6.45, 7) is 12.9. The fourth-order valence-corrected chi connectivity index (χ4v) is 6.90. The Balaban J connectivity index is 1.66. The molecule has 6 atom stereocenters. The van der Waals surface area contributed by atoms with Gasteiger partial charge >= 0.3 is 0 Å². The first kappa shape index (κ1) is 24.7. The molecule has 3 aliphatic carbocycles. The quantitative estimate of drug-likeness (QED) is 0.428. The van der Waals surface area contributed by atoms with Gasteiger partial charge in [-0.3, -0.25) is 0 Å². The zero-order chi connectivity index (χ0) is 22.8. The highest BCUT2D eigenvalue weighted by atomic mass is 16.3. The van der Waals surface area contributed by atoms with E-state index in [2.05, 4.69) is 32.6 Å². The number of rotatable bonds is 7. The van der Waals surface area contributed by atoms with Crippen LogP contribution in [-0.2, 0) is 0 Å². The maximum Gasteiger partial charge on any atom is 0.0811 e. The minimum absolute atomic E-state index is 0.390. The lowest BCUT2D eigenvalue weighted by atomic mass is 9.60. The molecule has 0 aromatic rings. The topological polar surface area (TPSA) is 60.7 Å². The van der Waals surface area contributed by atoms with E-state index in [1.165, 1.54) is 44.9 Å². The van der Waals surface area contributed by atoms with E-state index in [0.29, 0.717) is 24.2 Å². The van der Waals surface area contributed by atoms with E-state index >= 15 is 0 Å². The number of allylic oxidation sites excluding steroid dienone is 3. The molecule has 3 N–H and O–H groups in total. The number of hydrogen-bond donors (Lipinski definition) is 3. The van der Waals surface area contributed by atoms with Gasteiger partial charge in [-0.25, -0.2) is 0 Å². The van der Waals surface area contributed by atoms with Gasteiger partial charge in [0.15, 0.2) is 0 Å². The predicted octanol–water partition coefficient (Wildman–Crippen LogP) is 6.09. The Labute approximate surface area is 190 Å². The highest BCUT2D eigenvalue weighted by molar-refractivity contribution is 5.38. The molecule has 31 heavy (non-hydrogen) atoms. The number of fused-ring (bicyclic) bond motifs is 1. The van der Waals surface area contributed by atoms with Gasteiger partial charge in [0.25, 0.3) is 0 Å². The van der Waals surface area contributed by atoms with Crippen LogP contribution in [0.15, 0.2) is 35.5 Å². The van der Waals surface area contributed by atoms with E-state index < -0.39 is 17.8 Å². The van der Waals surface area contributed by atoms with E-state index in [1.54, 1.807) is 5.57 Å². The zero-order valence-electron chi connectivity index (χ0n) is 20.4. The summed E-state index contributed by atoms with van der Waals surface area (Å²) in [6, 6.07) is 0. The van der Waals surface area contributed by atoms with Gasteiger partial charge in [0.05, 0.1) is 17.8 Å². The summed E-state index contributed by atoms with van der Waals surface area (Å²) < 4.78 is 0. The standard InChI is InChI=1S/C28H46O3/c1-19(9-6-7-15-27(3,4)31)24-13-14-25-21(10-8-16-28(24,25)5)11-12-22-17-23(29)18-26(30)20(22)2/h11-12,19,23-26,29-31H,2,6-10,13-18H2,1,3-5H3/b21-11+,22-12+/t19?,23-,24-,25+,26+,28-/m1/s1. The Bertz CT molecular complexity index is 698. The van der Waals surface area contributed by atoms with Crippen molar-refractivity contribution in [1.29, 1.82) is 0 Å². The van der Waals surface area contributed by atoms with Crippen molar-refractivity contribution < 1.29 is 15.3 Å². The number of hydrogen-bond acceptors (Lipinski definition) is 3. The molecule has 3 aliphatic rings. The fourth-order valence-electron chi connectivity index (χ4n) is 6.90. The van der Waals surface area contributed by atoms with Gasteiger partial charge in [0, 0.05) is 6.42 Å². The van der Waals surface area contributed by atoms with Crippen LogP contribution in [-0.4, -0.2) is 33.1 Å². The summed E-state index contributed by atoms with van der Waals surface area (Å²) >= 11 is 0. The predicted molar refractivity (Wildman–Crippen MR) is 129 cm³/mol. The average Bonchev–Trinajstić information content (AvgIpc) is 3.03. The number of unbranched alkanes of at least 4 members (excludes halogenated alkanes) is 1. The Morgan fingerprint density at radius 3 is 2.65 bits per heavy atom. The van der Waals surface area contributed by atoms with Crippen molar-refractivity contribution in [2.45, 2.75) is 116 Å². The third-order valence-corrected chi connectivity index (χ3v) is 8.69. The van der Waals surface area contributed by atoms with Crippen molar-refractivity contribution in [3.05, 3.63) is 35.5 Å². The van der Waals surface area contributed by atoms with Gasteiger partial charge in [0.1, 0.15) is 0 Å². The molecule has 176 valence electrons. The van der Waals surface area contributed by atoms with Crippen LogP contribution >= 0.6 is 0 Å². The average molecular weight is 431 g/mol. The van der Waals surface area contributed by atoms with Crippen LogP contribution in [0.1, 0.15) is 98.3 Å². The van der Waals surface area contributed by atoms with Crippen molar-refractivity contribution in [2.75, 3.05) is 0 Å². The molecule has 3 nitrogen and oxygen atoms in total. The summed E-state index contributed by atoms with van der Waals surface area (Å²) in [7, 11) is 0. The number of aliphatic hydroxyl groups is 3. The van der Waals surface area contributed by atoms with Crippen LogP contribution < -0.4 is 0 Å². The lowest BCUT2D eigenvalue weighted by molar-refractivity contribution is 0.0650. The third-order valence-electron chi connectivity index (χ3n) is 8.69. The van der Waals surface area contributed by atoms with Crippen LogP contribution in [0.5, 0.6) is 0 Å². The van der Waals surface area contributed by atoms with Crippen molar-refractivity contribution in [3.63, 3.8) is 0 Å². The lowest BCUT2D eigenvalue weighted by Gasteiger charge is -2.44. The van der Waals surface area contributed by atoms with Gasteiger partial charge < -0.3 is 15.3 Å².